The van der Waals surface area contributed by atoms with Crippen molar-refractivity contribution in [1.82, 2.24) is 5.32 Å². The van der Waals surface area contributed by atoms with Gasteiger partial charge in [0.25, 0.3) is 0 Å². The zero-order chi connectivity index (χ0) is 14.5. The molecule has 0 atom stereocenters. The fourth-order valence-corrected chi connectivity index (χ4v) is 3.47. The first-order valence-corrected chi connectivity index (χ1v) is 8.09. The molecule has 1 N–H and O–H groups in total. The molecule has 1 aliphatic heterocycles. The van der Waals surface area contributed by atoms with E-state index in [2.05, 4.69) is 22.3 Å². The Kier molecular flexibility index (Phi) is 4.46. The molecule has 3 rings (SSSR count). The van der Waals surface area contributed by atoms with E-state index >= 15 is 0 Å². The molecule has 0 saturated carbocycles. The van der Waals surface area contributed by atoms with Crippen molar-refractivity contribution in [3.05, 3.63) is 60.2 Å². The van der Waals surface area contributed by atoms with E-state index in [4.69, 9.17) is 0 Å². The third-order valence-corrected chi connectivity index (χ3v) is 4.53. The normalized spacial score (nSPS) is 13.6. The van der Waals surface area contributed by atoms with Crippen molar-refractivity contribution in [1.29, 1.82) is 0 Å². The van der Waals surface area contributed by atoms with E-state index in [1.165, 1.54) is 10.6 Å². The lowest BCUT2D eigenvalue weighted by Gasteiger charge is -2.30. The molecule has 0 radical (unpaired) electrons. The summed E-state index contributed by atoms with van der Waals surface area (Å²) in [5, 5.41) is 2.99. The second kappa shape index (κ2) is 6.68. The van der Waals surface area contributed by atoms with Gasteiger partial charge in [-0.25, -0.2) is 0 Å². The summed E-state index contributed by atoms with van der Waals surface area (Å²) in [6.45, 7) is 1.93. The number of fused-ring (bicyclic) bond motifs is 1. The van der Waals surface area contributed by atoms with Crippen LogP contribution in [0.1, 0.15) is 5.56 Å². The maximum Gasteiger partial charge on any atom is 0.239 e. The summed E-state index contributed by atoms with van der Waals surface area (Å²) in [6.07, 6.45) is 0. The Hall–Kier alpha value is -1.94. The number of carbonyl (C=O) groups is 1. The minimum atomic E-state index is 0.0700. The number of para-hydroxylation sites is 1. The summed E-state index contributed by atoms with van der Waals surface area (Å²) in [6, 6.07) is 18.3. The van der Waals surface area contributed by atoms with Crippen molar-refractivity contribution in [2.45, 2.75) is 11.4 Å². The molecule has 0 fully saturated rings. The predicted octanol–water partition coefficient (Wildman–Crippen LogP) is 2.92. The van der Waals surface area contributed by atoms with Crippen LogP contribution in [0.2, 0.25) is 0 Å². The van der Waals surface area contributed by atoms with Crippen molar-refractivity contribution in [3.8, 4) is 0 Å². The number of carbonyl (C=O) groups excluding carboxylic acids is 1. The molecule has 0 saturated heterocycles. The van der Waals surface area contributed by atoms with E-state index in [0.717, 1.165) is 17.9 Å². The van der Waals surface area contributed by atoms with Crippen LogP contribution in [0.3, 0.4) is 0 Å². The van der Waals surface area contributed by atoms with E-state index in [1.807, 2.05) is 54.2 Å². The van der Waals surface area contributed by atoms with Gasteiger partial charge in [0.15, 0.2) is 0 Å². The highest BCUT2D eigenvalue weighted by molar-refractivity contribution is 7.99. The third kappa shape index (κ3) is 3.58. The minimum Gasteiger partial charge on any atom is -0.360 e. The molecule has 0 unspecified atom stereocenters. The van der Waals surface area contributed by atoms with Gasteiger partial charge in [0.1, 0.15) is 0 Å². The fraction of sp³-hybridized carbons (Fsp3) is 0.235. The minimum absolute atomic E-state index is 0.0700. The van der Waals surface area contributed by atoms with Crippen LogP contribution in [0.5, 0.6) is 0 Å². The topological polar surface area (TPSA) is 32.3 Å². The van der Waals surface area contributed by atoms with Gasteiger partial charge in [0, 0.05) is 23.7 Å². The molecule has 2 aromatic rings. The number of thioether (sulfide) groups is 1. The summed E-state index contributed by atoms with van der Waals surface area (Å²) < 4.78 is 0. The van der Waals surface area contributed by atoms with Crippen molar-refractivity contribution >= 4 is 23.4 Å². The summed E-state index contributed by atoms with van der Waals surface area (Å²) in [4.78, 5) is 15.6. The fourth-order valence-electron chi connectivity index (χ4n) is 2.42. The molecule has 0 spiro atoms. The van der Waals surface area contributed by atoms with Gasteiger partial charge in [0.05, 0.1) is 12.2 Å². The number of nitrogens with one attached hydrogen (secondary N) is 1. The quantitative estimate of drug-likeness (QED) is 0.942. The van der Waals surface area contributed by atoms with E-state index in [9.17, 15) is 4.79 Å². The Morgan fingerprint density at radius 3 is 2.71 bits per heavy atom. The van der Waals surface area contributed by atoms with Gasteiger partial charge in [-0.2, -0.15) is 0 Å². The number of hydrogen-bond donors (Lipinski definition) is 1. The van der Waals surface area contributed by atoms with Crippen LogP contribution in [-0.2, 0) is 11.3 Å². The van der Waals surface area contributed by atoms with Gasteiger partial charge in [0.2, 0.25) is 5.91 Å². The number of anilines is 1. The van der Waals surface area contributed by atoms with Gasteiger partial charge < -0.3 is 10.2 Å². The number of nitrogens with zero attached hydrogens (tertiary/aromatic N) is 1. The van der Waals surface area contributed by atoms with Crippen LogP contribution in [0, 0.1) is 0 Å². The number of hydrogen-bond acceptors (Lipinski definition) is 3. The van der Waals surface area contributed by atoms with Crippen LogP contribution in [-0.4, -0.2) is 24.7 Å². The van der Waals surface area contributed by atoms with E-state index in [-0.39, 0.29) is 5.91 Å². The smallest absolute Gasteiger partial charge is 0.239 e. The summed E-state index contributed by atoms with van der Waals surface area (Å²) in [5.74, 6) is 1.10. The predicted molar refractivity (Wildman–Crippen MR) is 87.7 cm³/mol. The Bertz CT molecular complexity index is 615. The molecule has 1 aliphatic rings. The molecule has 0 bridgehead atoms. The van der Waals surface area contributed by atoms with Crippen LogP contribution >= 0.6 is 11.8 Å². The lowest BCUT2D eigenvalue weighted by Crippen LogP contribution is -2.39. The van der Waals surface area contributed by atoms with Crippen LogP contribution in [0.25, 0.3) is 0 Å². The van der Waals surface area contributed by atoms with Crippen LogP contribution in [0.15, 0.2) is 59.5 Å². The van der Waals surface area contributed by atoms with Crippen LogP contribution < -0.4 is 10.2 Å². The van der Waals surface area contributed by atoms with Crippen molar-refractivity contribution in [2.75, 3.05) is 23.7 Å². The lowest BCUT2D eigenvalue weighted by molar-refractivity contribution is -0.119. The molecular formula is C17H18N2OS. The van der Waals surface area contributed by atoms with Gasteiger partial charge in [-0.1, -0.05) is 42.5 Å². The maximum absolute atomic E-state index is 12.1. The molecule has 2 aromatic carbocycles. The average molecular weight is 298 g/mol. The first-order chi connectivity index (χ1) is 10.3. The Morgan fingerprint density at radius 2 is 1.86 bits per heavy atom. The summed E-state index contributed by atoms with van der Waals surface area (Å²) in [7, 11) is 0. The SMILES string of the molecule is O=C(CN1CCSc2ccccc21)NCc1ccccc1. The van der Waals surface area contributed by atoms with Crippen LogP contribution in [0.4, 0.5) is 5.69 Å². The van der Waals surface area contributed by atoms with Crippen molar-refractivity contribution < 1.29 is 4.79 Å². The largest absolute Gasteiger partial charge is 0.360 e. The highest BCUT2D eigenvalue weighted by Crippen LogP contribution is 2.33. The molecule has 21 heavy (non-hydrogen) atoms. The zero-order valence-electron chi connectivity index (χ0n) is 11.8. The summed E-state index contributed by atoms with van der Waals surface area (Å²) >= 11 is 1.86. The second-order valence-corrected chi connectivity index (χ2v) is 6.14. The molecule has 108 valence electrons. The highest BCUT2D eigenvalue weighted by Gasteiger charge is 2.18. The second-order valence-electron chi connectivity index (χ2n) is 5.00. The Labute approximate surface area is 129 Å². The molecule has 1 amide bonds. The van der Waals surface area contributed by atoms with Crippen molar-refractivity contribution in [3.63, 3.8) is 0 Å². The Morgan fingerprint density at radius 1 is 1.10 bits per heavy atom. The molecule has 0 aromatic heterocycles. The highest BCUT2D eigenvalue weighted by atomic mass is 32.2. The molecular weight excluding hydrogens is 280 g/mol. The lowest BCUT2D eigenvalue weighted by atomic mass is 10.2. The zero-order valence-corrected chi connectivity index (χ0v) is 12.6. The van der Waals surface area contributed by atoms with E-state index in [1.54, 1.807) is 0 Å². The third-order valence-electron chi connectivity index (χ3n) is 3.49. The van der Waals surface area contributed by atoms with E-state index < -0.39 is 0 Å². The number of benzene rings is 2. The van der Waals surface area contributed by atoms with Gasteiger partial charge in [-0.05, 0) is 17.7 Å². The first-order valence-electron chi connectivity index (χ1n) is 7.10. The standard InChI is InChI=1S/C17H18N2OS/c20-17(18-12-14-6-2-1-3-7-14)13-19-10-11-21-16-9-5-4-8-15(16)19/h1-9H,10-13H2,(H,18,20). The van der Waals surface area contributed by atoms with Gasteiger partial charge in [-0.15, -0.1) is 11.8 Å². The molecule has 4 heteroatoms. The molecule has 0 aliphatic carbocycles. The number of rotatable bonds is 4. The average Bonchev–Trinajstić information content (AvgIpc) is 2.54. The first kappa shape index (κ1) is 14.0. The monoisotopic (exact) mass is 298 g/mol. The summed E-state index contributed by atoms with van der Waals surface area (Å²) in [5.41, 5.74) is 2.30. The Balaban J connectivity index is 1.58. The molecule has 3 nitrogen and oxygen atoms in total. The number of amides is 1. The van der Waals surface area contributed by atoms with E-state index in [0.29, 0.717) is 13.1 Å². The maximum atomic E-state index is 12.1. The van der Waals surface area contributed by atoms with Gasteiger partial charge in [-0.3, -0.25) is 4.79 Å². The molecule has 1 heterocycles. The van der Waals surface area contributed by atoms with Gasteiger partial charge >= 0.3 is 0 Å². The van der Waals surface area contributed by atoms with Crippen molar-refractivity contribution in [2.24, 2.45) is 0 Å².